The topological polar surface area (TPSA) is 68.2 Å². The van der Waals surface area contributed by atoms with Gasteiger partial charge in [0.05, 0.1) is 0 Å². The molecule has 0 saturated heterocycles. The predicted octanol–water partition coefficient (Wildman–Crippen LogP) is 10.5. The SMILES string of the molecule is CN(C)CCC1C/C=C/C/C=C/CCC(=O)OC/C=C/C/C=C/CC(CCC2=CN=CC2)C/C=C/C/C=C/COC(=O)CC/C=C/C/C=C/C1. The van der Waals surface area contributed by atoms with Gasteiger partial charge in [-0.1, -0.05) is 97.2 Å². The number of rotatable bonds is 6. The van der Waals surface area contributed by atoms with E-state index < -0.39 is 0 Å². The van der Waals surface area contributed by atoms with Crippen LogP contribution in [-0.4, -0.2) is 56.9 Å². The minimum absolute atomic E-state index is 0.154. The Morgan fingerprint density at radius 2 is 1.04 bits per heavy atom. The molecule has 0 aromatic heterocycles. The van der Waals surface area contributed by atoms with Crippen LogP contribution in [0.25, 0.3) is 0 Å². The van der Waals surface area contributed by atoms with E-state index in [0.29, 0.717) is 50.7 Å². The molecule has 0 saturated carbocycles. The molecule has 0 atom stereocenters. The molecular weight excluding hydrogens is 620 g/mol. The Balaban J connectivity index is 1.88. The maximum atomic E-state index is 12.1. The number of allylic oxidation sites excluding steroid dienone is 15. The van der Waals surface area contributed by atoms with Gasteiger partial charge in [0.15, 0.2) is 0 Å². The molecule has 2 aliphatic rings. The Labute approximate surface area is 303 Å². The van der Waals surface area contributed by atoms with Crippen molar-refractivity contribution in [1.82, 2.24) is 4.90 Å². The van der Waals surface area contributed by atoms with Crippen LogP contribution < -0.4 is 0 Å². The Morgan fingerprint density at radius 3 is 1.48 bits per heavy atom. The minimum Gasteiger partial charge on any atom is -0.461 e. The maximum absolute atomic E-state index is 12.1. The summed E-state index contributed by atoms with van der Waals surface area (Å²) < 4.78 is 10.7. The van der Waals surface area contributed by atoms with Crippen LogP contribution >= 0.6 is 0 Å². The van der Waals surface area contributed by atoms with E-state index in [0.717, 1.165) is 83.6 Å². The highest BCUT2D eigenvalue weighted by Gasteiger charge is 2.09. The first-order chi connectivity index (χ1) is 24.5. The first-order valence-corrected chi connectivity index (χ1v) is 18.9. The number of hydrogen-bond donors (Lipinski definition) is 0. The lowest BCUT2D eigenvalue weighted by molar-refractivity contribution is -0.143. The summed E-state index contributed by atoms with van der Waals surface area (Å²) in [5.74, 6) is 0.861. The second-order valence-corrected chi connectivity index (χ2v) is 13.3. The van der Waals surface area contributed by atoms with Crippen molar-refractivity contribution < 1.29 is 19.1 Å². The lowest BCUT2D eigenvalue weighted by Gasteiger charge is -2.16. The van der Waals surface area contributed by atoms with E-state index in [-0.39, 0.29) is 11.9 Å². The molecule has 0 spiro atoms. The molecule has 2 aliphatic heterocycles. The van der Waals surface area contributed by atoms with Gasteiger partial charge in [-0.15, -0.1) is 0 Å². The summed E-state index contributed by atoms with van der Waals surface area (Å²) in [6, 6.07) is 0. The van der Waals surface area contributed by atoms with Crippen LogP contribution in [0.1, 0.15) is 103 Å². The summed E-state index contributed by atoms with van der Waals surface area (Å²) in [4.78, 5) is 30.7. The Hall–Kier alpha value is -3.77. The van der Waals surface area contributed by atoms with E-state index in [1.165, 1.54) is 5.57 Å². The fourth-order valence-corrected chi connectivity index (χ4v) is 5.48. The number of hydrogen-bond acceptors (Lipinski definition) is 6. The van der Waals surface area contributed by atoms with E-state index in [1.54, 1.807) is 0 Å². The Morgan fingerprint density at radius 1 is 0.600 bits per heavy atom. The van der Waals surface area contributed by atoms with Crippen molar-refractivity contribution in [2.75, 3.05) is 33.9 Å². The second kappa shape index (κ2) is 30.1. The Kier molecular flexibility index (Phi) is 25.5. The molecule has 2 heterocycles. The highest BCUT2D eigenvalue weighted by atomic mass is 16.5. The van der Waals surface area contributed by atoms with Crippen LogP contribution in [0.5, 0.6) is 0 Å². The third-order valence-corrected chi connectivity index (χ3v) is 8.59. The highest BCUT2D eigenvalue weighted by molar-refractivity contribution is 5.70. The zero-order valence-corrected chi connectivity index (χ0v) is 31.0. The molecule has 0 bridgehead atoms. The van der Waals surface area contributed by atoms with Crippen LogP contribution in [0.3, 0.4) is 0 Å². The molecule has 0 unspecified atom stereocenters. The lowest BCUT2D eigenvalue weighted by atomic mass is 9.92. The minimum atomic E-state index is -0.154. The van der Waals surface area contributed by atoms with Gasteiger partial charge in [-0.05, 0) is 122 Å². The van der Waals surface area contributed by atoms with Crippen molar-refractivity contribution in [3.8, 4) is 0 Å². The third kappa shape index (κ3) is 25.2. The van der Waals surface area contributed by atoms with E-state index in [2.05, 4.69) is 109 Å². The van der Waals surface area contributed by atoms with Crippen LogP contribution in [0, 0.1) is 11.8 Å². The molecule has 0 aromatic rings. The summed E-state index contributed by atoms with van der Waals surface area (Å²) in [6.45, 7) is 1.72. The predicted molar refractivity (Wildman–Crippen MR) is 211 cm³/mol. The number of carbonyl (C=O) groups excluding carboxylic acids is 2. The van der Waals surface area contributed by atoms with Crippen molar-refractivity contribution in [3.63, 3.8) is 0 Å². The van der Waals surface area contributed by atoms with Gasteiger partial charge in [-0.2, -0.15) is 0 Å². The van der Waals surface area contributed by atoms with Gasteiger partial charge in [-0.3, -0.25) is 14.6 Å². The van der Waals surface area contributed by atoms with E-state index in [9.17, 15) is 9.59 Å². The smallest absolute Gasteiger partial charge is 0.306 e. The van der Waals surface area contributed by atoms with Crippen LogP contribution in [-0.2, 0) is 19.1 Å². The van der Waals surface area contributed by atoms with Crippen molar-refractivity contribution >= 4 is 18.2 Å². The lowest BCUT2D eigenvalue weighted by Crippen LogP contribution is -2.16. The molecule has 50 heavy (non-hydrogen) atoms. The quantitative estimate of drug-likeness (QED) is 0.206. The molecule has 0 aliphatic carbocycles. The molecule has 274 valence electrons. The molecule has 0 radical (unpaired) electrons. The highest BCUT2D eigenvalue weighted by Crippen LogP contribution is 2.23. The molecule has 0 N–H and O–H groups in total. The largest absolute Gasteiger partial charge is 0.461 e. The fourth-order valence-electron chi connectivity index (χ4n) is 5.48. The number of esters is 2. The molecule has 0 aromatic carbocycles. The zero-order chi connectivity index (χ0) is 35.7. The molecule has 6 heteroatoms. The van der Waals surface area contributed by atoms with E-state index in [1.807, 2.05) is 24.6 Å². The van der Waals surface area contributed by atoms with Gasteiger partial charge in [0, 0.05) is 31.7 Å². The van der Waals surface area contributed by atoms with E-state index in [4.69, 9.17) is 9.47 Å². The van der Waals surface area contributed by atoms with Gasteiger partial charge in [0.25, 0.3) is 0 Å². The summed E-state index contributed by atoms with van der Waals surface area (Å²) >= 11 is 0. The number of aliphatic imine (C=N–C) groups is 1. The third-order valence-electron chi connectivity index (χ3n) is 8.59. The molecule has 0 fully saturated rings. The standard InChI is InChI=1S/C44H64N2O4/c1-46(2)36-34-41-27-19-9-3-5-13-21-29-43(47)49-37-23-15-7-11-17-25-40(31-32-42-33-35-45-39-42)26-18-12-8-16-24-38-50-44(48)30-22-14-6-4-10-20-28-41/h5-6,9-20,23-24,35,39-41H,3-4,7-8,21-22,25-34,36-38H2,1-2H3/b13-5+,14-6+,17-11+,18-12+,19-9+,20-10+,23-15+,24-16+. The summed E-state index contributed by atoms with van der Waals surface area (Å²) in [5.41, 5.74) is 1.41. The maximum Gasteiger partial charge on any atom is 0.306 e. The monoisotopic (exact) mass is 684 g/mol. The number of nitrogens with zero attached hydrogens (tertiary/aromatic N) is 2. The van der Waals surface area contributed by atoms with Crippen molar-refractivity contribution in [3.05, 3.63) is 109 Å². The number of ether oxygens (including phenoxy) is 2. The normalized spacial score (nSPS) is 27.2. The fraction of sp³-hybridized carbons (Fsp3) is 0.523. The summed E-state index contributed by atoms with van der Waals surface area (Å²) in [5, 5.41) is 0. The zero-order valence-electron chi connectivity index (χ0n) is 31.0. The van der Waals surface area contributed by atoms with Gasteiger partial charge in [0.2, 0.25) is 0 Å². The van der Waals surface area contributed by atoms with Crippen LogP contribution in [0.2, 0.25) is 0 Å². The first kappa shape index (κ1) is 42.4. The number of cyclic esters (lactones) is 2. The first-order valence-electron chi connectivity index (χ1n) is 18.9. The second-order valence-electron chi connectivity index (χ2n) is 13.3. The Bertz CT molecular complexity index is 1160. The van der Waals surface area contributed by atoms with Crippen molar-refractivity contribution in [2.24, 2.45) is 16.8 Å². The molecule has 6 nitrogen and oxygen atoms in total. The van der Waals surface area contributed by atoms with Crippen molar-refractivity contribution in [1.29, 1.82) is 0 Å². The average Bonchev–Trinajstić information content (AvgIpc) is 3.63. The summed E-state index contributed by atoms with van der Waals surface area (Å²) in [6.07, 6.45) is 52.5. The van der Waals surface area contributed by atoms with Gasteiger partial charge in [0.1, 0.15) is 13.2 Å². The van der Waals surface area contributed by atoms with E-state index >= 15 is 0 Å². The summed E-state index contributed by atoms with van der Waals surface area (Å²) in [7, 11) is 4.25. The van der Waals surface area contributed by atoms with Gasteiger partial charge < -0.3 is 14.4 Å². The number of carbonyl (C=O) groups is 2. The molecule has 2 rings (SSSR count). The van der Waals surface area contributed by atoms with Gasteiger partial charge >= 0.3 is 11.9 Å². The van der Waals surface area contributed by atoms with Crippen molar-refractivity contribution in [2.45, 2.75) is 103 Å². The van der Waals surface area contributed by atoms with Crippen LogP contribution in [0.15, 0.2) is 114 Å². The average molecular weight is 685 g/mol. The molecular formula is C44H64N2O4. The molecule has 0 amide bonds. The van der Waals surface area contributed by atoms with Gasteiger partial charge in [-0.25, -0.2) is 0 Å². The van der Waals surface area contributed by atoms with Crippen LogP contribution in [0.4, 0.5) is 0 Å².